The quantitative estimate of drug-likeness (QED) is 0.330. The molecule has 29 heavy (non-hydrogen) atoms. The summed E-state index contributed by atoms with van der Waals surface area (Å²) in [6.45, 7) is -0.441. The molecule has 8 nitrogen and oxygen atoms in total. The summed E-state index contributed by atoms with van der Waals surface area (Å²) in [5.74, 6) is 0.260. The molecule has 0 fully saturated rings. The van der Waals surface area contributed by atoms with Crippen LogP contribution in [-0.2, 0) is 4.79 Å². The van der Waals surface area contributed by atoms with Crippen LogP contribution >= 0.6 is 23.2 Å². The number of halogens is 2. The van der Waals surface area contributed by atoms with Crippen LogP contribution in [0.15, 0.2) is 64.1 Å². The number of ether oxygens (including phenoxy) is 1. The molecule has 2 aromatic carbocycles. The Morgan fingerprint density at radius 2 is 1.97 bits per heavy atom. The fraction of sp³-hybridized carbons (Fsp3) is 0.0526. The molecule has 3 rings (SSSR count). The van der Waals surface area contributed by atoms with Crippen LogP contribution in [0, 0.1) is 10.1 Å². The second kappa shape index (κ2) is 9.22. The Hall–Kier alpha value is -3.36. The van der Waals surface area contributed by atoms with Gasteiger partial charge in [0.1, 0.15) is 11.5 Å². The predicted octanol–water partition coefficient (Wildman–Crippen LogP) is 4.69. The summed E-state index contributed by atoms with van der Waals surface area (Å²) >= 11 is 12.2. The van der Waals surface area contributed by atoms with E-state index >= 15 is 0 Å². The van der Waals surface area contributed by atoms with Gasteiger partial charge in [0.05, 0.1) is 21.2 Å². The van der Waals surface area contributed by atoms with Gasteiger partial charge in [-0.05, 0) is 30.3 Å². The molecule has 1 aromatic heterocycles. The van der Waals surface area contributed by atoms with E-state index in [1.54, 1.807) is 36.4 Å². The third-order valence-electron chi connectivity index (χ3n) is 3.65. The smallest absolute Gasteiger partial charge is 0.310 e. The first-order valence-corrected chi connectivity index (χ1v) is 8.93. The number of furan rings is 1. The molecule has 0 bridgehead atoms. The predicted molar refractivity (Wildman–Crippen MR) is 108 cm³/mol. The largest absolute Gasteiger partial charge is 0.477 e. The molecule has 0 aliphatic rings. The van der Waals surface area contributed by atoms with Crippen molar-refractivity contribution in [1.29, 1.82) is 0 Å². The number of hydrogen-bond donors (Lipinski definition) is 1. The average Bonchev–Trinajstić information content (AvgIpc) is 3.17. The zero-order valence-electron chi connectivity index (χ0n) is 14.7. The van der Waals surface area contributed by atoms with E-state index in [1.165, 1.54) is 24.4 Å². The number of nitrogens with zero attached hydrogens (tertiary/aromatic N) is 2. The van der Waals surface area contributed by atoms with Gasteiger partial charge in [-0.25, -0.2) is 5.43 Å². The first-order valence-electron chi connectivity index (χ1n) is 8.18. The first kappa shape index (κ1) is 20.4. The summed E-state index contributed by atoms with van der Waals surface area (Å²) in [5, 5.41) is 15.5. The number of nitro benzene ring substituents is 1. The minimum atomic E-state index is -0.593. The highest BCUT2D eigenvalue weighted by Gasteiger charge is 2.15. The zero-order valence-corrected chi connectivity index (χ0v) is 16.2. The zero-order chi connectivity index (χ0) is 20.8. The fourth-order valence-electron chi connectivity index (χ4n) is 2.33. The molecular formula is C19H13Cl2N3O5. The van der Waals surface area contributed by atoms with E-state index in [2.05, 4.69) is 10.5 Å². The highest BCUT2D eigenvalue weighted by molar-refractivity contribution is 6.43. The van der Waals surface area contributed by atoms with Crippen LogP contribution in [0.25, 0.3) is 11.3 Å². The molecule has 0 aliphatic carbocycles. The van der Waals surface area contributed by atoms with Gasteiger partial charge in [0.25, 0.3) is 5.91 Å². The summed E-state index contributed by atoms with van der Waals surface area (Å²) in [6, 6.07) is 14.3. The number of para-hydroxylation sites is 2. The van der Waals surface area contributed by atoms with Crippen LogP contribution in [0.2, 0.25) is 10.0 Å². The molecule has 1 amide bonds. The van der Waals surface area contributed by atoms with Crippen molar-refractivity contribution in [2.24, 2.45) is 5.10 Å². The summed E-state index contributed by atoms with van der Waals surface area (Å²) in [7, 11) is 0. The van der Waals surface area contributed by atoms with Gasteiger partial charge in [-0.2, -0.15) is 5.10 Å². The third kappa shape index (κ3) is 5.13. The van der Waals surface area contributed by atoms with Crippen LogP contribution in [0.4, 0.5) is 5.69 Å². The van der Waals surface area contributed by atoms with Gasteiger partial charge in [0.15, 0.2) is 12.4 Å². The average molecular weight is 434 g/mol. The van der Waals surface area contributed by atoms with Gasteiger partial charge in [0, 0.05) is 11.6 Å². The van der Waals surface area contributed by atoms with Crippen LogP contribution in [-0.4, -0.2) is 23.7 Å². The Bertz CT molecular complexity index is 1080. The maximum absolute atomic E-state index is 11.8. The van der Waals surface area contributed by atoms with Gasteiger partial charge >= 0.3 is 5.69 Å². The molecule has 0 saturated carbocycles. The molecule has 0 saturated heterocycles. The van der Waals surface area contributed by atoms with Crippen LogP contribution in [0.5, 0.6) is 5.75 Å². The number of rotatable bonds is 7. The summed E-state index contributed by atoms with van der Waals surface area (Å²) in [4.78, 5) is 22.1. The van der Waals surface area contributed by atoms with Crippen LogP contribution in [0.1, 0.15) is 5.76 Å². The Morgan fingerprint density at radius 3 is 2.76 bits per heavy atom. The Balaban J connectivity index is 1.57. The lowest BCUT2D eigenvalue weighted by Gasteiger charge is -2.05. The Kier molecular flexibility index (Phi) is 6.48. The van der Waals surface area contributed by atoms with E-state index in [-0.39, 0.29) is 11.4 Å². The van der Waals surface area contributed by atoms with E-state index in [4.69, 9.17) is 32.4 Å². The van der Waals surface area contributed by atoms with Gasteiger partial charge in [-0.15, -0.1) is 0 Å². The number of amides is 1. The number of benzene rings is 2. The van der Waals surface area contributed by atoms with E-state index in [9.17, 15) is 14.9 Å². The van der Waals surface area contributed by atoms with Gasteiger partial charge in [-0.1, -0.05) is 41.4 Å². The highest BCUT2D eigenvalue weighted by atomic mass is 35.5. The van der Waals surface area contributed by atoms with Gasteiger partial charge in [0.2, 0.25) is 0 Å². The fourth-order valence-corrected chi connectivity index (χ4v) is 2.73. The number of nitro groups is 1. The van der Waals surface area contributed by atoms with Crippen molar-refractivity contribution >= 4 is 41.0 Å². The number of hydrogen-bond acceptors (Lipinski definition) is 6. The lowest BCUT2D eigenvalue weighted by atomic mass is 10.2. The summed E-state index contributed by atoms with van der Waals surface area (Å²) in [5.41, 5.74) is 2.64. The van der Waals surface area contributed by atoms with Crippen molar-refractivity contribution in [3.63, 3.8) is 0 Å². The monoisotopic (exact) mass is 433 g/mol. The lowest BCUT2D eigenvalue weighted by molar-refractivity contribution is -0.385. The van der Waals surface area contributed by atoms with Crippen LogP contribution < -0.4 is 10.2 Å². The molecule has 3 aromatic rings. The van der Waals surface area contributed by atoms with E-state index in [0.717, 1.165) is 0 Å². The van der Waals surface area contributed by atoms with E-state index in [0.29, 0.717) is 27.1 Å². The highest BCUT2D eigenvalue weighted by Crippen LogP contribution is 2.34. The number of hydrazone groups is 1. The number of carbonyl (C=O) groups excluding carboxylic acids is 1. The second-order valence-corrected chi connectivity index (χ2v) is 6.40. The molecule has 0 atom stereocenters. The molecule has 0 aliphatic heterocycles. The molecular weight excluding hydrogens is 421 g/mol. The van der Waals surface area contributed by atoms with Crippen LogP contribution in [0.3, 0.4) is 0 Å². The number of carbonyl (C=O) groups is 1. The first-order chi connectivity index (χ1) is 14.0. The summed E-state index contributed by atoms with van der Waals surface area (Å²) in [6.07, 6.45) is 1.30. The molecule has 0 spiro atoms. The minimum Gasteiger partial charge on any atom is -0.477 e. The topological polar surface area (TPSA) is 107 Å². The normalized spacial score (nSPS) is 10.8. The second-order valence-electron chi connectivity index (χ2n) is 5.61. The Morgan fingerprint density at radius 1 is 1.17 bits per heavy atom. The Labute approximate surface area is 174 Å². The van der Waals surface area contributed by atoms with Crippen molar-refractivity contribution < 1.29 is 18.9 Å². The standard InChI is InChI=1S/C19H13Cl2N3O5/c20-14-5-3-4-13(19(14)21)16-9-8-12(29-16)10-22-23-18(25)11-28-17-7-2-1-6-15(17)24(26)27/h1-10H,11H2,(H,23,25). The molecule has 148 valence electrons. The summed E-state index contributed by atoms with van der Waals surface area (Å²) < 4.78 is 10.8. The maximum atomic E-state index is 11.8. The lowest BCUT2D eigenvalue weighted by Crippen LogP contribution is -2.24. The van der Waals surface area contributed by atoms with E-state index < -0.39 is 17.4 Å². The van der Waals surface area contributed by atoms with Crippen molar-refractivity contribution in [1.82, 2.24) is 5.43 Å². The van der Waals surface area contributed by atoms with E-state index in [1.807, 2.05) is 0 Å². The maximum Gasteiger partial charge on any atom is 0.310 e. The number of nitrogens with one attached hydrogen (secondary N) is 1. The van der Waals surface area contributed by atoms with Gasteiger partial charge < -0.3 is 9.15 Å². The van der Waals surface area contributed by atoms with Gasteiger partial charge in [-0.3, -0.25) is 14.9 Å². The SMILES string of the molecule is O=C(COc1ccccc1[N+](=O)[O-])NN=Cc1ccc(-c2cccc(Cl)c2Cl)o1. The molecule has 0 unspecified atom stereocenters. The third-order valence-corrected chi connectivity index (χ3v) is 4.46. The van der Waals surface area contributed by atoms with Crippen molar-refractivity contribution in [2.45, 2.75) is 0 Å². The molecule has 10 heteroatoms. The van der Waals surface area contributed by atoms with Crippen molar-refractivity contribution in [3.05, 3.63) is 80.5 Å². The minimum absolute atomic E-state index is 0.00861. The molecule has 0 radical (unpaired) electrons. The molecule has 1 heterocycles. The van der Waals surface area contributed by atoms with Crippen molar-refractivity contribution in [2.75, 3.05) is 6.61 Å². The van der Waals surface area contributed by atoms with Crippen molar-refractivity contribution in [3.8, 4) is 17.1 Å². The molecule has 1 N–H and O–H groups in total.